The summed E-state index contributed by atoms with van der Waals surface area (Å²) in [5.74, 6) is 0.823. The summed E-state index contributed by atoms with van der Waals surface area (Å²) in [6.07, 6.45) is 3.89. The summed E-state index contributed by atoms with van der Waals surface area (Å²) in [5.41, 5.74) is 2.65. The van der Waals surface area contributed by atoms with Crippen molar-refractivity contribution in [1.29, 1.82) is 0 Å². The van der Waals surface area contributed by atoms with Gasteiger partial charge in [-0.25, -0.2) is 0 Å². The molecule has 72 valence electrons. The third kappa shape index (κ3) is 1.41. The third-order valence-corrected chi connectivity index (χ3v) is 2.93. The Morgan fingerprint density at radius 2 is 1.93 bits per heavy atom. The number of nitrogens with zero attached hydrogens (tertiary/aromatic N) is 2. The highest BCUT2D eigenvalue weighted by atomic mass is 15.5. The standard InChI is InChI=1S/C12H14N2/c1-2-4-11(5-3-1)14-9-8-12(13-14)10-6-7-10/h1-5,10H,6-9H2. The smallest absolute Gasteiger partial charge is 0.0594 e. The summed E-state index contributed by atoms with van der Waals surface area (Å²) >= 11 is 0. The fraction of sp³-hybridized carbons (Fsp3) is 0.417. The summed E-state index contributed by atoms with van der Waals surface area (Å²) in [7, 11) is 0. The van der Waals surface area contributed by atoms with Crippen LogP contribution in [0.25, 0.3) is 0 Å². The molecule has 0 radical (unpaired) electrons. The monoisotopic (exact) mass is 186 g/mol. The Balaban J connectivity index is 1.81. The molecule has 2 heteroatoms. The number of rotatable bonds is 2. The fourth-order valence-electron chi connectivity index (χ4n) is 1.96. The first-order valence-electron chi connectivity index (χ1n) is 5.33. The van der Waals surface area contributed by atoms with Crippen LogP contribution in [0.2, 0.25) is 0 Å². The number of benzene rings is 1. The molecule has 1 aromatic rings. The highest BCUT2D eigenvalue weighted by molar-refractivity contribution is 5.91. The normalized spacial score (nSPS) is 21.1. The molecule has 14 heavy (non-hydrogen) atoms. The van der Waals surface area contributed by atoms with Gasteiger partial charge in [-0.15, -0.1) is 0 Å². The van der Waals surface area contributed by atoms with E-state index in [1.807, 2.05) is 6.07 Å². The second kappa shape index (κ2) is 3.12. The van der Waals surface area contributed by atoms with E-state index in [0.717, 1.165) is 12.5 Å². The van der Waals surface area contributed by atoms with Crippen LogP contribution in [0.15, 0.2) is 35.4 Å². The second-order valence-corrected chi connectivity index (χ2v) is 4.07. The number of para-hydroxylation sites is 1. The van der Waals surface area contributed by atoms with Crippen LogP contribution in [-0.2, 0) is 0 Å². The zero-order chi connectivity index (χ0) is 9.38. The zero-order valence-corrected chi connectivity index (χ0v) is 8.19. The van der Waals surface area contributed by atoms with Crippen LogP contribution in [0.4, 0.5) is 5.69 Å². The number of hydrogen-bond acceptors (Lipinski definition) is 2. The SMILES string of the molecule is c1ccc(N2CCC(C3CC3)=N2)cc1. The van der Waals surface area contributed by atoms with Crippen LogP contribution in [0, 0.1) is 5.92 Å². The third-order valence-electron chi connectivity index (χ3n) is 2.93. The molecule has 0 atom stereocenters. The van der Waals surface area contributed by atoms with Gasteiger partial charge in [-0.3, -0.25) is 5.01 Å². The number of hydrogen-bond donors (Lipinski definition) is 0. The lowest BCUT2D eigenvalue weighted by Crippen LogP contribution is -2.11. The van der Waals surface area contributed by atoms with E-state index >= 15 is 0 Å². The molecule has 1 aliphatic carbocycles. The molecule has 1 fully saturated rings. The van der Waals surface area contributed by atoms with Crippen LogP contribution < -0.4 is 5.01 Å². The van der Waals surface area contributed by atoms with E-state index in [-0.39, 0.29) is 0 Å². The molecule has 0 amide bonds. The Kier molecular flexibility index (Phi) is 1.79. The average molecular weight is 186 g/mol. The van der Waals surface area contributed by atoms with Gasteiger partial charge < -0.3 is 0 Å². The number of anilines is 1. The summed E-state index contributed by atoms with van der Waals surface area (Å²) in [4.78, 5) is 0. The van der Waals surface area contributed by atoms with E-state index in [2.05, 4.69) is 34.4 Å². The highest BCUT2D eigenvalue weighted by Crippen LogP contribution is 2.34. The maximum atomic E-state index is 4.67. The molecule has 0 bridgehead atoms. The molecule has 1 aromatic carbocycles. The lowest BCUT2D eigenvalue weighted by atomic mass is 10.2. The molecular weight excluding hydrogens is 172 g/mol. The Bertz CT molecular complexity index is 352. The average Bonchev–Trinajstić information content (AvgIpc) is 2.98. The Morgan fingerprint density at radius 3 is 2.64 bits per heavy atom. The summed E-state index contributed by atoms with van der Waals surface area (Å²) in [5, 5.41) is 6.80. The van der Waals surface area contributed by atoms with E-state index in [1.165, 1.54) is 30.7 Å². The van der Waals surface area contributed by atoms with Gasteiger partial charge in [0.1, 0.15) is 0 Å². The van der Waals surface area contributed by atoms with Crippen molar-refractivity contribution in [2.45, 2.75) is 19.3 Å². The highest BCUT2D eigenvalue weighted by Gasteiger charge is 2.31. The van der Waals surface area contributed by atoms with Crippen LogP contribution in [-0.4, -0.2) is 12.3 Å². The van der Waals surface area contributed by atoms with Gasteiger partial charge in [0.2, 0.25) is 0 Å². The summed E-state index contributed by atoms with van der Waals surface area (Å²) in [6.45, 7) is 1.07. The van der Waals surface area contributed by atoms with E-state index in [0.29, 0.717) is 0 Å². The molecule has 1 aliphatic heterocycles. The van der Waals surface area contributed by atoms with Gasteiger partial charge in [0.25, 0.3) is 0 Å². The molecule has 1 heterocycles. The van der Waals surface area contributed by atoms with E-state index in [9.17, 15) is 0 Å². The second-order valence-electron chi connectivity index (χ2n) is 4.07. The van der Waals surface area contributed by atoms with E-state index in [4.69, 9.17) is 0 Å². The minimum Gasteiger partial charge on any atom is -0.265 e. The fourth-order valence-corrected chi connectivity index (χ4v) is 1.96. The van der Waals surface area contributed by atoms with Gasteiger partial charge in [0, 0.05) is 18.7 Å². The predicted molar refractivity (Wildman–Crippen MR) is 58.6 cm³/mol. The molecule has 0 aromatic heterocycles. The lowest BCUT2D eigenvalue weighted by molar-refractivity contribution is 0.922. The topological polar surface area (TPSA) is 15.6 Å². The largest absolute Gasteiger partial charge is 0.265 e. The maximum Gasteiger partial charge on any atom is 0.0594 e. The Hall–Kier alpha value is -1.31. The van der Waals surface area contributed by atoms with E-state index < -0.39 is 0 Å². The Morgan fingerprint density at radius 1 is 1.14 bits per heavy atom. The molecular formula is C12H14N2. The van der Waals surface area contributed by atoms with Gasteiger partial charge >= 0.3 is 0 Å². The number of hydrazone groups is 1. The summed E-state index contributed by atoms with van der Waals surface area (Å²) in [6, 6.07) is 10.4. The molecule has 0 saturated heterocycles. The molecule has 0 N–H and O–H groups in total. The van der Waals surface area contributed by atoms with Crippen molar-refractivity contribution in [3.8, 4) is 0 Å². The van der Waals surface area contributed by atoms with Gasteiger partial charge in [-0.1, -0.05) is 18.2 Å². The van der Waals surface area contributed by atoms with Crippen molar-refractivity contribution >= 4 is 11.4 Å². The molecule has 2 aliphatic rings. The quantitative estimate of drug-likeness (QED) is 0.693. The van der Waals surface area contributed by atoms with Crippen LogP contribution >= 0.6 is 0 Å². The van der Waals surface area contributed by atoms with Gasteiger partial charge in [-0.05, 0) is 30.9 Å². The predicted octanol–water partition coefficient (Wildman–Crippen LogP) is 2.66. The Labute approximate surface area is 84.2 Å². The minimum absolute atomic E-state index is 0.823. The minimum atomic E-state index is 0.823. The molecule has 3 rings (SSSR count). The zero-order valence-electron chi connectivity index (χ0n) is 8.19. The first-order chi connectivity index (χ1) is 6.93. The van der Waals surface area contributed by atoms with E-state index in [1.54, 1.807) is 0 Å². The van der Waals surface area contributed by atoms with Crippen LogP contribution in [0.5, 0.6) is 0 Å². The van der Waals surface area contributed by atoms with Crippen molar-refractivity contribution in [3.05, 3.63) is 30.3 Å². The van der Waals surface area contributed by atoms with Crippen molar-refractivity contribution in [1.82, 2.24) is 0 Å². The first-order valence-corrected chi connectivity index (χ1v) is 5.33. The van der Waals surface area contributed by atoms with Crippen molar-refractivity contribution in [2.75, 3.05) is 11.6 Å². The molecule has 2 nitrogen and oxygen atoms in total. The summed E-state index contributed by atoms with van der Waals surface area (Å²) < 4.78 is 0. The van der Waals surface area contributed by atoms with Crippen molar-refractivity contribution < 1.29 is 0 Å². The molecule has 1 saturated carbocycles. The van der Waals surface area contributed by atoms with Gasteiger partial charge in [0.15, 0.2) is 0 Å². The van der Waals surface area contributed by atoms with Crippen LogP contribution in [0.1, 0.15) is 19.3 Å². The maximum absolute atomic E-state index is 4.67. The van der Waals surface area contributed by atoms with Crippen LogP contribution in [0.3, 0.4) is 0 Å². The lowest BCUT2D eigenvalue weighted by Gasteiger charge is -2.12. The molecule has 0 spiro atoms. The van der Waals surface area contributed by atoms with Crippen molar-refractivity contribution in [3.63, 3.8) is 0 Å². The molecule has 0 unspecified atom stereocenters. The van der Waals surface area contributed by atoms with Gasteiger partial charge in [-0.2, -0.15) is 5.10 Å². The van der Waals surface area contributed by atoms with Gasteiger partial charge in [0.05, 0.1) is 5.69 Å². The van der Waals surface area contributed by atoms with Crippen molar-refractivity contribution in [2.24, 2.45) is 11.0 Å². The first kappa shape index (κ1) is 8.04.